The van der Waals surface area contributed by atoms with E-state index in [2.05, 4.69) is 13.8 Å². The predicted octanol–water partition coefficient (Wildman–Crippen LogP) is 5.63. The SMILES string of the molecule is CC.CC.CCC(F)(F)CCCCC(C)(C)CN. The summed E-state index contributed by atoms with van der Waals surface area (Å²) in [7, 11) is 0. The summed E-state index contributed by atoms with van der Waals surface area (Å²) in [6.07, 6.45) is 2.35. The highest BCUT2D eigenvalue weighted by Crippen LogP contribution is 2.27. The molecule has 0 aliphatic carbocycles. The largest absolute Gasteiger partial charge is 0.330 e. The third kappa shape index (κ3) is 15.8. The lowest BCUT2D eigenvalue weighted by Crippen LogP contribution is -2.23. The Balaban J connectivity index is -0.000000506. The molecule has 0 saturated heterocycles. The van der Waals surface area contributed by atoms with Crippen molar-refractivity contribution < 1.29 is 8.78 Å². The topological polar surface area (TPSA) is 26.0 Å². The van der Waals surface area contributed by atoms with Gasteiger partial charge in [-0.2, -0.15) is 0 Å². The maximum Gasteiger partial charge on any atom is 0.247 e. The molecule has 0 heterocycles. The van der Waals surface area contributed by atoms with Gasteiger partial charge in [0.05, 0.1) is 0 Å². The summed E-state index contributed by atoms with van der Waals surface area (Å²) in [6, 6.07) is 0. The maximum absolute atomic E-state index is 12.8. The highest BCUT2D eigenvalue weighted by molar-refractivity contribution is 4.70. The molecule has 0 amide bonds. The summed E-state index contributed by atoms with van der Waals surface area (Å²) in [5, 5.41) is 0. The van der Waals surface area contributed by atoms with E-state index in [1.807, 2.05) is 27.7 Å². The van der Waals surface area contributed by atoms with Gasteiger partial charge in [0.25, 0.3) is 0 Å². The first-order chi connectivity index (χ1) is 8.33. The highest BCUT2D eigenvalue weighted by Gasteiger charge is 2.25. The van der Waals surface area contributed by atoms with E-state index in [1.165, 1.54) is 6.92 Å². The minimum absolute atomic E-state index is 0.0180. The summed E-state index contributed by atoms with van der Waals surface area (Å²) in [6.45, 7) is 14.3. The minimum Gasteiger partial charge on any atom is -0.330 e. The van der Waals surface area contributed by atoms with E-state index in [0.717, 1.165) is 12.8 Å². The number of hydrogen-bond donors (Lipinski definition) is 1. The Labute approximate surface area is 114 Å². The second-order valence-corrected chi connectivity index (χ2v) is 4.78. The Morgan fingerprint density at radius 1 is 0.889 bits per heavy atom. The molecule has 0 bridgehead atoms. The lowest BCUT2D eigenvalue weighted by atomic mass is 9.87. The molecular formula is C15H35F2N. The molecule has 0 radical (unpaired) electrons. The van der Waals surface area contributed by atoms with Crippen molar-refractivity contribution in [2.24, 2.45) is 11.1 Å². The van der Waals surface area contributed by atoms with Crippen LogP contribution < -0.4 is 5.73 Å². The van der Waals surface area contributed by atoms with Crippen molar-refractivity contribution >= 4 is 0 Å². The van der Waals surface area contributed by atoms with Crippen LogP contribution in [-0.2, 0) is 0 Å². The summed E-state index contributed by atoms with van der Waals surface area (Å²) >= 11 is 0. The highest BCUT2D eigenvalue weighted by atomic mass is 19.3. The van der Waals surface area contributed by atoms with Gasteiger partial charge in [-0.3, -0.25) is 0 Å². The van der Waals surface area contributed by atoms with E-state index in [-0.39, 0.29) is 18.3 Å². The van der Waals surface area contributed by atoms with Crippen LogP contribution in [0.25, 0.3) is 0 Å². The fourth-order valence-corrected chi connectivity index (χ4v) is 1.27. The number of nitrogens with two attached hydrogens (primary N) is 1. The van der Waals surface area contributed by atoms with E-state index in [1.54, 1.807) is 0 Å². The number of unbranched alkanes of at least 4 members (excludes halogenated alkanes) is 1. The van der Waals surface area contributed by atoms with Gasteiger partial charge >= 0.3 is 0 Å². The van der Waals surface area contributed by atoms with Gasteiger partial charge in [0.2, 0.25) is 5.92 Å². The molecule has 0 fully saturated rings. The van der Waals surface area contributed by atoms with Gasteiger partial charge in [-0.05, 0) is 24.8 Å². The van der Waals surface area contributed by atoms with E-state index in [9.17, 15) is 8.78 Å². The van der Waals surface area contributed by atoms with Crippen molar-refractivity contribution in [3.8, 4) is 0 Å². The minimum atomic E-state index is -2.47. The number of halogens is 2. The third-order valence-corrected chi connectivity index (χ3v) is 2.72. The molecule has 0 spiro atoms. The van der Waals surface area contributed by atoms with Gasteiger partial charge in [0.1, 0.15) is 0 Å². The molecule has 0 aliphatic rings. The first-order valence-electron chi connectivity index (χ1n) is 7.41. The van der Waals surface area contributed by atoms with Crippen LogP contribution in [-0.4, -0.2) is 12.5 Å². The monoisotopic (exact) mass is 267 g/mol. The quantitative estimate of drug-likeness (QED) is 0.594. The molecule has 0 saturated carbocycles. The Hall–Kier alpha value is -0.180. The number of hydrogen-bond acceptors (Lipinski definition) is 1. The van der Waals surface area contributed by atoms with Crippen molar-refractivity contribution in [1.82, 2.24) is 0 Å². The number of rotatable bonds is 7. The molecule has 18 heavy (non-hydrogen) atoms. The zero-order chi connectivity index (χ0) is 15.2. The molecule has 3 heteroatoms. The molecule has 0 aromatic heterocycles. The fourth-order valence-electron chi connectivity index (χ4n) is 1.27. The van der Waals surface area contributed by atoms with Crippen molar-refractivity contribution in [2.75, 3.05) is 6.54 Å². The summed E-state index contributed by atoms with van der Waals surface area (Å²) < 4.78 is 25.7. The van der Waals surface area contributed by atoms with E-state index in [4.69, 9.17) is 5.73 Å². The normalized spacial score (nSPS) is 11.0. The Morgan fingerprint density at radius 3 is 1.61 bits per heavy atom. The molecule has 0 aromatic rings. The van der Waals surface area contributed by atoms with Crippen LogP contribution in [0.15, 0.2) is 0 Å². The van der Waals surface area contributed by atoms with Crippen molar-refractivity contribution in [1.29, 1.82) is 0 Å². The van der Waals surface area contributed by atoms with E-state index >= 15 is 0 Å². The summed E-state index contributed by atoms with van der Waals surface area (Å²) in [5.74, 6) is -2.47. The van der Waals surface area contributed by atoms with Crippen LogP contribution in [0.1, 0.15) is 80.6 Å². The van der Waals surface area contributed by atoms with Crippen molar-refractivity contribution in [3.63, 3.8) is 0 Å². The maximum atomic E-state index is 12.8. The molecule has 0 rings (SSSR count). The molecular weight excluding hydrogens is 232 g/mol. The lowest BCUT2D eigenvalue weighted by molar-refractivity contribution is -0.0142. The van der Waals surface area contributed by atoms with Gasteiger partial charge in [-0.1, -0.05) is 54.9 Å². The summed E-state index contributed by atoms with van der Waals surface area (Å²) in [4.78, 5) is 0. The van der Waals surface area contributed by atoms with Crippen LogP contribution in [0, 0.1) is 5.41 Å². The second-order valence-electron chi connectivity index (χ2n) is 4.78. The van der Waals surface area contributed by atoms with Gasteiger partial charge in [-0.25, -0.2) is 8.78 Å². The molecule has 0 aliphatic heterocycles. The van der Waals surface area contributed by atoms with Gasteiger partial charge in [0, 0.05) is 12.8 Å². The third-order valence-electron chi connectivity index (χ3n) is 2.72. The van der Waals surface area contributed by atoms with Gasteiger partial charge < -0.3 is 5.73 Å². The molecule has 2 N–H and O–H groups in total. The first-order valence-corrected chi connectivity index (χ1v) is 7.41. The van der Waals surface area contributed by atoms with E-state index < -0.39 is 5.92 Å². The average Bonchev–Trinajstić information content (AvgIpc) is 2.39. The Bertz CT molecular complexity index is 139. The zero-order valence-corrected chi connectivity index (χ0v) is 13.6. The lowest BCUT2D eigenvalue weighted by Gasteiger charge is -2.22. The Morgan fingerprint density at radius 2 is 1.28 bits per heavy atom. The standard InChI is InChI=1S/C11H23F2N.2C2H6/c1-4-11(12,13)8-6-5-7-10(2,3)9-14;2*1-2/h4-9,14H2,1-3H3;2*1-2H3. The molecule has 1 nitrogen and oxygen atoms in total. The molecule has 114 valence electrons. The Kier molecular flexibility index (Phi) is 16.9. The first kappa shape index (κ1) is 23.0. The van der Waals surface area contributed by atoms with Crippen molar-refractivity contribution in [3.05, 3.63) is 0 Å². The van der Waals surface area contributed by atoms with E-state index in [0.29, 0.717) is 13.0 Å². The summed E-state index contributed by atoms with van der Waals surface area (Å²) in [5.41, 5.74) is 5.65. The molecule has 0 aromatic carbocycles. The molecule has 0 atom stereocenters. The van der Waals surface area contributed by atoms with Gasteiger partial charge in [-0.15, -0.1) is 0 Å². The van der Waals surface area contributed by atoms with Gasteiger partial charge in [0.15, 0.2) is 0 Å². The van der Waals surface area contributed by atoms with Crippen LogP contribution in [0.3, 0.4) is 0 Å². The zero-order valence-electron chi connectivity index (χ0n) is 13.6. The predicted molar refractivity (Wildman–Crippen MR) is 79.2 cm³/mol. The van der Waals surface area contributed by atoms with Crippen LogP contribution in [0.5, 0.6) is 0 Å². The van der Waals surface area contributed by atoms with Crippen LogP contribution in [0.2, 0.25) is 0 Å². The molecule has 0 unspecified atom stereocenters. The second kappa shape index (κ2) is 13.3. The fraction of sp³-hybridized carbons (Fsp3) is 1.00. The van der Waals surface area contributed by atoms with Crippen molar-refractivity contribution in [2.45, 2.75) is 86.5 Å². The average molecular weight is 267 g/mol. The van der Waals surface area contributed by atoms with Crippen LogP contribution >= 0.6 is 0 Å². The number of alkyl halides is 2. The van der Waals surface area contributed by atoms with Crippen LogP contribution in [0.4, 0.5) is 8.78 Å². The smallest absolute Gasteiger partial charge is 0.247 e.